The van der Waals surface area contributed by atoms with Crippen LogP contribution in [0.5, 0.6) is 0 Å². The van der Waals surface area contributed by atoms with Gasteiger partial charge >= 0.3 is 0 Å². The summed E-state index contributed by atoms with van der Waals surface area (Å²) in [5.74, 6) is 0.372. The van der Waals surface area contributed by atoms with Crippen LogP contribution in [0.25, 0.3) is 11.1 Å². The Hall–Kier alpha value is -1.77. The van der Waals surface area contributed by atoms with Crippen LogP contribution in [0.1, 0.15) is 11.1 Å². The summed E-state index contributed by atoms with van der Waals surface area (Å²) >= 11 is 0. The second-order valence-corrected chi connectivity index (χ2v) is 3.42. The van der Waals surface area contributed by atoms with E-state index in [4.69, 9.17) is 10.3 Å². The third-order valence-electron chi connectivity index (χ3n) is 2.27. The highest BCUT2D eigenvalue weighted by atomic mass is 16.5. The van der Waals surface area contributed by atoms with Gasteiger partial charge in [0.25, 0.3) is 0 Å². The van der Waals surface area contributed by atoms with Gasteiger partial charge in [0, 0.05) is 0 Å². The molecule has 0 saturated heterocycles. The molecule has 0 aliphatic heterocycles. The number of aromatic nitrogens is 1. The molecule has 1 heterocycles. The molecule has 72 valence electrons. The Morgan fingerprint density at radius 2 is 2.00 bits per heavy atom. The highest BCUT2D eigenvalue weighted by molar-refractivity contribution is 5.74. The van der Waals surface area contributed by atoms with E-state index in [1.807, 2.05) is 6.07 Å². The Labute approximate surface area is 82.5 Å². The molecule has 0 aliphatic carbocycles. The maximum atomic E-state index is 5.65. The monoisotopic (exact) mass is 188 g/mol. The van der Waals surface area contributed by atoms with Crippen LogP contribution in [0, 0.1) is 13.8 Å². The Kier molecular flexibility index (Phi) is 2.00. The molecule has 0 saturated carbocycles. The zero-order chi connectivity index (χ0) is 10.1. The van der Waals surface area contributed by atoms with Crippen molar-refractivity contribution in [3.05, 3.63) is 35.5 Å². The summed E-state index contributed by atoms with van der Waals surface area (Å²) in [5, 5.41) is 3.66. The lowest BCUT2D eigenvalue weighted by molar-refractivity contribution is 0.436. The predicted octanol–water partition coefficient (Wildman–Crippen LogP) is 2.54. The molecule has 0 spiro atoms. The smallest absolute Gasteiger partial charge is 0.229 e. The standard InChI is InChI=1S/C11H12N2O/c1-7-3-4-9(8(2)5-7)10-6-13-14-11(10)12/h3-6H,12H2,1-2H3. The van der Waals surface area contributed by atoms with E-state index < -0.39 is 0 Å². The zero-order valence-electron chi connectivity index (χ0n) is 8.24. The maximum absolute atomic E-state index is 5.65. The van der Waals surface area contributed by atoms with Gasteiger partial charge in [0.15, 0.2) is 0 Å². The zero-order valence-corrected chi connectivity index (χ0v) is 8.24. The summed E-state index contributed by atoms with van der Waals surface area (Å²) in [5.41, 5.74) is 10.0. The van der Waals surface area contributed by atoms with Gasteiger partial charge in [-0.05, 0) is 25.0 Å². The van der Waals surface area contributed by atoms with Crippen LogP contribution >= 0.6 is 0 Å². The second kappa shape index (κ2) is 3.18. The molecular formula is C11H12N2O. The van der Waals surface area contributed by atoms with Crippen LogP contribution in [0.4, 0.5) is 5.88 Å². The first-order valence-corrected chi connectivity index (χ1v) is 4.46. The van der Waals surface area contributed by atoms with Crippen LogP contribution < -0.4 is 5.73 Å². The van der Waals surface area contributed by atoms with Crippen LogP contribution in [0.15, 0.2) is 28.9 Å². The van der Waals surface area contributed by atoms with E-state index in [0.29, 0.717) is 5.88 Å². The highest BCUT2D eigenvalue weighted by Gasteiger charge is 2.08. The van der Waals surface area contributed by atoms with Gasteiger partial charge < -0.3 is 10.3 Å². The molecule has 0 unspecified atom stereocenters. The number of hydrogen-bond acceptors (Lipinski definition) is 3. The second-order valence-electron chi connectivity index (χ2n) is 3.42. The van der Waals surface area contributed by atoms with Crippen LogP contribution in [-0.4, -0.2) is 5.16 Å². The van der Waals surface area contributed by atoms with E-state index in [2.05, 4.69) is 31.1 Å². The predicted molar refractivity (Wildman–Crippen MR) is 55.8 cm³/mol. The Morgan fingerprint density at radius 3 is 2.57 bits per heavy atom. The molecular weight excluding hydrogens is 176 g/mol. The average Bonchev–Trinajstić information content (AvgIpc) is 2.52. The van der Waals surface area contributed by atoms with Gasteiger partial charge in [-0.1, -0.05) is 28.9 Å². The normalized spacial score (nSPS) is 10.4. The first-order valence-electron chi connectivity index (χ1n) is 4.46. The number of rotatable bonds is 1. The van der Waals surface area contributed by atoms with E-state index in [1.165, 1.54) is 11.1 Å². The number of nitrogen functional groups attached to an aromatic ring is 1. The summed E-state index contributed by atoms with van der Waals surface area (Å²) in [7, 11) is 0. The summed E-state index contributed by atoms with van der Waals surface area (Å²) in [6.45, 7) is 4.11. The van der Waals surface area contributed by atoms with Crippen LogP contribution in [0.3, 0.4) is 0 Å². The third kappa shape index (κ3) is 1.37. The SMILES string of the molecule is Cc1ccc(-c2cnoc2N)c(C)c1. The highest BCUT2D eigenvalue weighted by Crippen LogP contribution is 2.28. The fourth-order valence-corrected chi connectivity index (χ4v) is 1.57. The molecule has 1 aromatic heterocycles. The number of aryl methyl sites for hydroxylation is 2. The van der Waals surface area contributed by atoms with E-state index >= 15 is 0 Å². The summed E-state index contributed by atoms with van der Waals surface area (Å²) in [6, 6.07) is 6.20. The lowest BCUT2D eigenvalue weighted by Crippen LogP contribution is -1.88. The molecule has 2 rings (SSSR count). The number of anilines is 1. The first-order chi connectivity index (χ1) is 6.68. The molecule has 3 heteroatoms. The quantitative estimate of drug-likeness (QED) is 0.748. The van der Waals surface area contributed by atoms with Crippen molar-refractivity contribution in [3.8, 4) is 11.1 Å². The third-order valence-corrected chi connectivity index (χ3v) is 2.27. The maximum Gasteiger partial charge on any atom is 0.229 e. The summed E-state index contributed by atoms with van der Waals surface area (Å²) < 4.78 is 4.83. The van der Waals surface area contributed by atoms with Gasteiger partial charge in [-0.15, -0.1) is 0 Å². The van der Waals surface area contributed by atoms with E-state index in [-0.39, 0.29) is 0 Å². The average molecular weight is 188 g/mol. The van der Waals surface area contributed by atoms with Gasteiger partial charge in [-0.3, -0.25) is 0 Å². The Bertz CT molecular complexity index is 460. The molecule has 14 heavy (non-hydrogen) atoms. The van der Waals surface area contributed by atoms with Gasteiger partial charge in [-0.2, -0.15) is 0 Å². The van der Waals surface area contributed by atoms with E-state index in [1.54, 1.807) is 6.20 Å². The molecule has 0 bridgehead atoms. The number of hydrogen-bond donors (Lipinski definition) is 1. The van der Waals surface area contributed by atoms with Crippen molar-refractivity contribution in [2.24, 2.45) is 0 Å². The molecule has 2 aromatic rings. The fourth-order valence-electron chi connectivity index (χ4n) is 1.57. The lowest BCUT2D eigenvalue weighted by atomic mass is 10.0. The Balaban J connectivity index is 2.58. The number of benzene rings is 1. The van der Waals surface area contributed by atoms with Crippen molar-refractivity contribution >= 4 is 5.88 Å². The van der Waals surface area contributed by atoms with Crippen molar-refractivity contribution in [1.29, 1.82) is 0 Å². The molecule has 1 aromatic carbocycles. The van der Waals surface area contributed by atoms with Crippen molar-refractivity contribution in [2.45, 2.75) is 13.8 Å². The molecule has 0 fully saturated rings. The molecule has 0 amide bonds. The largest absolute Gasteiger partial charge is 0.367 e. The van der Waals surface area contributed by atoms with Gasteiger partial charge in [-0.25, -0.2) is 0 Å². The first kappa shape index (κ1) is 8.81. The molecule has 3 nitrogen and oxygen atoms in total. The van der Waals surface area contributed by atoms with Crippen molar-refractivity contribution in [1.82, 2.24) is 5.16 Å². The van der Waals surface area contributed by atoms with Crippen LogP contribution in [0.2, 0.25) is 0 Å². The van der Waals surface area contributed by atoms with Gasteiger partial charge in [0.05, 0.1) is 11.8 Å². The van der Waals surface area contributed by atoms with E-state index in [9.17, 15) is 0 Å². The van der Waals surface area contributed by atoms with Gasteiger partial charge in [0.2, 0.25) is 5.88 Å². The molecule has 2 N–H and O–H groups in total. The number of nitrogens with zero attached hydrogens (tertiary/aromatic N) is 1. The topological polar surface area (TPSA) is 52.0 Å². The van der Waals surface area contributed by atoms with Crippen LogP contribution in [-0.2, 0) is 0 Å². The minimum absolute atomic E-state index is 0.372. The van der Waals surface area contributed by atoms with Crippen molar-refractivity contribution in [3.63, 3.8) is 0 Å². The summed E-state index contributed by atoms with van der Waals surface area (Å²) in [6.07, 6.45) is 1.65. The number of nitrogens with two attached hydrogens (primary N) is 1. The molecule has 0 radical (unpaired) electrons. The molecule has 0 atom stereocenters. The molecule has 0 aliphatic rings. The van der Waals surface area contributed by atoms with Gasteiger partial charge in [0.1, 0.15) is 0 Å². The van der Waals surface area contributed by atoms with Crippen molar-refractivity contribution in [2.75, 3.05) is 5.73 Å². The minimum Gasteiger partial charge on any atom is -0.367 e. The van der Waals surface area contributed by atoms with Crippen molar-refractivity contribution < 1.29 is 4.52 Å². The Morgan fingerprint density at radius 1 is 1.21 bits per heavy atom. The van der Waals surface area contributed by atoms with E-state index in [0.717, 1.165) is 11.1 Å². The lowest BCUT2D eigenvalue weighted by Gasteiger charge is -2.04. The fraction of sp³-hybridized carbons (Fsp3) is 0.182. The minimum atomic E-state index is 0.372. The summed E-state index contributed by atoms with van der Waals surface area (Å²) in [4.78, 5) is 0.